The molecule has 1 aliphatic carbocycles. The van der Waals surface area contributed by atoms with Crippen LogP contribution in [-0.4, -0.2) is 57.4 Å². The summed E-state index contributed by atoms with van der Waals surface area (Å²) in [5, 5.41) is 18.5. The molecule has 176 valence electrons. The normalized spacial score (nSPS) is 23.4. The number of nitrogens with one attached hydrogen (secondary N) is 1. The minimum atomic E-state index is -4.40. The summed E-state index contributed by atoms with van der Waals surface area (Å²) in [6.45, 7) is 2.68. The molecule has 0 bridgehead atoms. The van der Waals surface area contributed by atoms with Crippen molar-refractivity contribution < 1.29 is 18.3 Å². The molecule has 2 fully saturated rings. The number of benzene rings is 1. The first kappa shape index (κ1) is 23.8. The maximum atomic E-state index is 12.8. The van der Waals surface area contributed by atoms with Gasteiger partial charge in [-0.25, -0.2) is 0 Å². The molecule has 1 saturated heterocycles. The lowest BCUT2D eigenvalue weighted by Gasteiger charge is -2.31. The highest BCUT2D eigenvalue weighted by Crippen LogP contribution is 2.51. The molecule has 5 nitrogen and oxygen atoms in total. The molecule has 2 aliphatic rings. The Bertz CT molecular complexity index is 1050. The second-order valence-electron chi connectivity index (χ2n) is 8.87. The molecule has 2 aromatic rings. The van der Waals surface area contributed by atoms with E-state index in [1.807, 2.05) is 36.1 Å². The van der Waals surface area contributed by atoms with Crippen molar-refractivity contribution in [1.29, 1.82) is 5.41 Å². The summed E-state index contributed by atoms with van der Waals surface area (Å²) in [4.78, 5) is 10.6. The number of aliphatic imine (C=N–C) groups is 1. The Morgan fingerprint density at radius 1 is 1.21 bits per heavy atom. The fourth-order valence-corrected chi connectivity index (χ4v) is 5.50. The number of alkyl halides is 3. The predicted octanol–water partition coefficient (Wildman–Crippen LogP) is 4.99. The number of aliphatic hydroxyl groups excluding tert-OH is 1. The van der Waals surface area contributed by atoms with Gasteiger partial charge in [0.05, 0.1) is 23.3 Å². The van der Waals surface area contributed by atoms with Gasteiger partial charge in [0.1, 0.15) is 11.7 Å². The molecule has 1 aliphatic heterocycles. The summed E-state index contributed by atoms with van der Waals surface area (Å²) in [6, 6.07) is 10.2. The highest BCUT2D eigenvalue weighted by Gasteiger charge is 2.52. The van der Waals surface area contributed by atoms with Crippen molar-refractivity contribution in [3.05, 3.63) is 53.7 Å². The Morgan fingerprint density at radius 3 is 2.42 bits per heavy atom. The number of halogens is 3. The van der Waals surface area contributed by atoms with Crippen molar-refractivity contribution in [2.75, 3.05) is 26.0 Å². The van der Waals surface area contributed by atoms with E-state index in [0.717, 1.165) is 47.8 Å². The molecule has 2 heterocycles. The topological polar surface area (TPSA) is 72.6 Å². The molecule has 2 N–H and O–H groups in total. The first-order valence-electron chi connectivity index (χ1n) is 10.8. The van der Waals surface area contributed by atoms with E-state index in [9.17, 15) is 18.3 Å². The third kappa shape index (κ3) is 4.66. The van der Waals surface area contributed by atoms with Gasteiger partial charge in [0, 0.05) is 42.3 Å². The summed E-state index contributed by atoms with van der Waals surface area (Å²) in [7, 11) is 1.76. The number of thioether (sulfide) groups is 1. The number of pyridine rings is 1. The summed E-state index contributed by atoms with van der Waals surface area (Å²) in [5.74, 6) is 2.14. The summed E-state index contributed by atoms with van der Waals surface area (Å²) >= 11 is 1.69. The van der Waals surface area contributed by atoms with Crippen LogP contribution in [0.3, 0.4) is 0 Å². The zero-order valence-corrected chi connectivity index (χ0v) is 19.4. The van der Waals surface area contributed by atoms with Crippen molar-refractivity contribution in [1.82, 2.24) is 9.88 Å². The molecule has 0 radical (unpaired) electrons. The Morgan fingerprint density at radius 2 is 1.91 bits per heavy atom. The molecule has 1 saturated carbocycles. The van der Waals surface area contributed by atoms with Crippen LogP contribution < -0.4 is 0 Å². The second-order valence-corrected chi connectivity index (χ2v) is 10.6. The average Bonchev–Trinajstić information content (AvgIpc) is 3.61. The SMILES string of the molecule is CN=C(N1CCSC(C)(CO)CC1=N)C1(c2ccc(-c3ccc(C(F)(F)F)cn3)cc2)CC1. The van der Waals surface area contributed by atoms with E-state index in [1.54, 1.807) is 18.8 Å². The van der Waals surface area contributed by atoms with E-state index in [-0.39, 0.29) is 16.8 Å². The van der Waals surface area contributed by atoms with E-state index in [0.29, 0.717) is 24.5 Å². The van der Waals surface area contributed by atoms with Gasteiger partial charge in [0.15, 0.2) is 0 Å². The summed E-state index contributed by atoms with van der Waals surface area (Å²) in [5.41, 5.74) is 1.28. The van der Waals surface area contributed by atoms with E-state index < -0.39 is 11.7 Å². The number of hydrogen-bond donors (Lipinski definition) is 2. The zero-order chi connectivity index (χ0) is 23.9. The van der Waals surface area contributed by atoms with Gasteiger partial charge in [-0.15, -0.1) is 0 Å². The number of aliphatic hydroxyl groups is 1. The minimum absolute atomic E-state index is 0.0249. The third-order valence-electron chi connectivity index (χ3n) is 6.44. The van der Waals surface area contributed by atoms with Gasteiger partial charge in [-0.2, -0.15) is 24.9 Å². The van der Waals surface area contributed by atoms with Crippen LogP contribution in [0.4, 0.5) is 13.2 Å². The quantitative estimate of drug-likeness (QED) is 0.482. The average molecular weight is 477 g/mol. The Kier molecular flexibility index (Phi) is 6.30. The van der Waals surface area contributed by atoms with Crippen molar-refractivity contribution in [3.8, 4) is 11.3 Å². The molecular weight excluding hydrogens is 449 g/mol. The highest BCUT2D eigenvalue weighted by molar-refractivity contribution is 8.00. The van der Waals surface area contributed by atoms with Gasteiger partial charge in [-0.3, -0.25) is 15.4 Å². The Balaban J connectivity index is 1.57. The zero-order valence-electron chi connectivity index (χ0n) is 18.6. The van der Waals surface area contributed by atoms with Crippen molar-refractivity contribution in [2.24, 2.45) is 4.99 Å². The van der Waals surface area contributed by atoms with Crippen molar-refractivity contribution in [3.63, 3.8) is 0 Å². The predicted molar refractivity (Wildman–Crippen MR) is 126 cm³/mol. The maximum absolute atomic E-state index is 12.8. The van der Waals surface area contributed by atoms with Crippen LogP contribution in [0, 0.1) is 5.41 Å². The second kappa shape index (κ2) is 8.76. The monoisotopic (exact) mass is 476 g/mol. The summed E-state index contributed by atoms with van der Waals surface area (Å²) in [6.07, 6.45) is -1.23. The van der Waals surface area contributed by atoms with Crippen LogP contribution in [0.25, 0.3) is 11.3 Å². The number of hydrogen-bond acceptors (Lipinski definition) is 5. The minimum Gasteiger partial charge on any atom is -0.395 e. The summed E-state index contributed by atoms with van der Waals surface area (Å²) < 4.78 is 38.1. The largest absolute Gasteiger partial charge is 0.417 e. The number of rotatable bonds is 4. The molecule has 0 spiro atoms. The third-order valence-corrected chi connectivity index (χ3v) is 7.79. The van der Waals surface area contributed by atoms with Crippen LogP contribution in [0.5, 0.6) is 0 Å². The van der Waals surface area contributed by atoms with Crippen LogP contribution >= 0.6 is 11.8 Å². The molecule has 1 unspecified atom stereocenters. The van der Waals surface area contributed by atoms with Gasteiger partial charge < -0.3 is 10.0 Å². The smallest absolute Gasteiger partial charge is 0.395 e. The molecule has 0 amide bonds. The lowest BCUT2D eigenvalue weighted by molar-refractivity contribution is -0.137. The first-order valence-corrected chi connectivity index (χ1v) is 11.8. The van der Waals surface area contributed by atoms with Crippen LogP contribution in [-0.2, 0) is 11.6 Å². The van der Waals surface area contributed by atoms with Gasteiger partial charge >= 0.3 is 6.18 Å². The molecule has 9 heteroatoms. The van der Waals surface area contributed by atoms with Crippen molar-refractivity contribution >= 4 is 23.4 Å². The van der Waals surface area contributed by atoms with Gasteiger partial charge in [0.25, 0.3) is 0 Å². The maximum Gasteiger partial charge on any atom is 0.417 e. The highest BCUT2D eigenvalue weighted by atomic mass is 32.2. The fourth-order valence-electron chi connectivity index (χ4n) is 4.41. The van der Waals surface area contributed by atoms with E-state index in [2.05, 4.69) is 9.98 Å². The van der Waals surface area contributed by atoms with Gasteiger partial charge in [-0.1, -0.05) is 24.3 Å². The Labute approximate surface area is 195 Å². The molecule has 4 rings (SSSR count). The van der Waals surface area contributed by atoms with E-state index in [4.69, 9.17) is 5.41 Å². The lowest BCUT2D eigenvalue weighted by atomic mass is 9.91. The first-order chi connectivity index (χ1) is 15.6. The number of amidine groups is 2. The van der Waals surface area contributed by atoms with Crippen LogP contribution in [0.15, 0.2) is 47.6 Å². The molecular formula is C24H27F3N4OS. The number of aromatic nitrogens is 1. The molecule has 1 atom stereocenters. The Hall–Kier alpha value is -2.39. The van der Waals surface area contributed by atoms with Gasteiger partial charge in [0.2, 0.25) is 0 Å². The number of nitrogens with zero attached hydrogens (tertiary/aromatic N) is 3. The van der Waals surface area contributed by atoms with E-state index >= 15 is 0 Å². The molecule has 33 heavy (non-hydrogen) atoms. The van der Waals surface area contributed by atoms with Crippen LogP contribution in [0.1, 0.15) is 37.3 Å². The standard InChI is InChI=1S/C24H27F3N4OS/c1-22(15-32)13-20(28)31(11-12-33-22)21(29-2)23(9-10-23)17-5-3-16(4-6-17)19-8-7-18(14-30-19)24(25,26)27/h3-8,14,28,32H,9-13,15H2,1-2H3. The van der Waals surface area contributed by atoms with Crippen LogP contribution in [0.2, 0.25) is 0 Å². The van der Waals surface area contributed by atoms with E-state index in [1.165, 1.54) is 6.07 Å². The van der Waals surface area contributed by atoms with Crippen molar-refractivity contribution in [2.45, 2.75) is 42.5 Å². The molecule has 1 aromatic carbocycles. The molecule has 1 aromatic heterocycles. The lowest BCUT2D eigenvalue weighted by Crippen LogP contribution is -2.44. The fraction of sp³-hybridized carbons (Fsp3) is 0.458. The van der Waals surface area contributed by atoms with Gasteiger partial charge in [-0.05, 0) is 37.5 Å².